The fourth-order valence-electron chi connectivity index (χ4n) is 7.57. The van der Waals surface area contributed by atoms with E-state index in [0.29, 0.717) is 29.7 Å². The van der Waals surface area contributed by atoms with Crippen molar-refractivity contribution in [1.29, 1.82) is 0 Å². The topological polar surface area (TPSA) is 126 Å². The molecule has 0 radical (unpaired) electrons. The number of amides is 2. The first kappa shape index (κ1) is 31.2. The monoisotopic (exact) mass is 623 g/mol. The molecular weight excluding hydrogens is 578 g/mol. The maximum Gasteiger partial charge on any atom is 0.407 e. The third-order valence-corrected chi connectivity index (χ3v) is 9.85. The molecule has 2 saturated carbocycles. The first-order valence-electron chi connectivity index (χ1n) is 16.2. The summed E-state index contributed by atoms with van der Waals surface area (Å²) in [6, 6.07) is 4.16. The van der Waals surface area contributed by atoms with Crippen LogP contribution in [0.25, 0.3) is 10.9 Å². The minimum absolute atomic E-state index is 0.0413. The van der Waals surface area contributed by atoms with Gasteiger partial charge in [-0.05, 0) is 67.4 Å². The summed E-state index contributed by atoms with van der Waals surface area (Å²) >= 11 is 0. The highest BCUT2D eigenvalue weighted by Crippen LogP contribution is 2.56. The number of pyridine rings is 1. The second kappa shape index (κ2) is 12.6. The van der Waals surface area contributed by atoms with Gasteiger partial charge >= 0.3 is 12.1 Å². The highest BCUT2D eigenvalue weighted by molar-refractivity contribution is 5.91. The number of nitrogens with zero attached hydrogens (tertiary/aromatic N) is 2. The third kappa shape index (κ3) is 6.49. The molecule has 3 heterocycles. The molecule has 3 fully saturated rings. The fraction of sp³-hybridized carbons (Fsp3) is 0.647. The summed E-state index contributed by atoms with van der Waals surface area (Å²) in [6.45, 7) is 6.91. The average molecular weight is 624 g/mol. The first-order chi connectivity index (χ1) is 21.6. The Morgan fingerprint density at radius 2 is 1.89 bits per heavy atom. The van der Waals surface area contributed by atoms with Crippen molar-refractivity contribution < 1.29 is 38.1 Å². The number of fused-ring (bicyclic) bond motifs is 5. The number of benzene rings is 1. The smallest absolute Gasteiger partial charge is 0.407 e. The van der Waals surface area contributed by atoms with Crippen molar-refractivity contribution in [3.8, 4) is 17.4 Å². The van der Waals surface area contributed by atoms with Gasteiger partial charge in [0.2, 0.25) is 11.8 Å². The highest BCUT2D eigenvalue weighted by atomic mass is 16.6. The van der Waals surface area contributed by atoms with Gasteiger partial charge in [0.05, 0.1) is 39.5 Å². The van der Waals surface area contributed by atoms with E-state index in [9.17, 15) is 14.4 Å². The Bertz CT molecular complexity index is 1450. The summed E-state index contributed by atoms with van der Waals surface area (Å²) in [7, 11) is 2.98. The second-order valence-corrected chi connectivity index (χ2v) is 13.7. The number of rotatable bonds is 5. The van der Waals surface area contributed by atoms with Gasteiger partial charge in [-0.3, -0.25) is 4.79 Å². The minimum Gasteiger partial charge on any atom is -0.496 e. The number of alkyl carbamates (subject to hydrolysis) is 1. The molecule has 1 saturated heterocycles. The van der Waals surface area contributed by atoms with Crippen LogP contribution in [0.5, 0.6) is 17.4 Å². The fourth-order valence-corrected chi connectivity index (χ4v) is 7.57. The quantitative estimate of drug-likeness (QED) is 0.459. The number of esters is 1. The molecule has 5 atom stereocenters. The predicted octanol–water partition coefficient (Wildman–Crippen LogP) is 4.98. The Kier molecular flexibility index (Phi) is 8.72. The molecule has 244 valence electrons. The van der Waals surface area contributed by atoms with E-state index in [1.807, 2.05) is 13.0 Å². The Hall–Kier alpha value is -3.76. The lowest BCUT2D eigenvalue weighted by Crippen LogP contribution is -2.54. The standard InChI is InChI=1S/C34H45N3O8/c1-6-43-29-15-28-24-13-23(27(41-4)14-25(24)35-29)22-11-20(22)16-34(2,3)18-44-33(40)36-30(19-9-7-8-10-19)31(38)37-17-21(45-28)12-26(37)32(39)42-5/h13-15,19-22,26,30H,6-12,16-18H2,1-5H3,(H,36,40)/t20-,21-,22+,26+,30+/m1/s1. The Morgan fingerprint density at radius 3 is 2.60 bits per heavy atom. The summed E-state index contributed by atoms with van der Waals surface area (Å²) in [5, 5.41) is 3.72. The number of carbonyl (C=O) groups is 3. The lowest BCUT2D eigenvalue weighted by Gasteiger charge is -2.31. The van der Waals surface area contributed by atoms with Crippen LogP contribution in [0.3, 0.4) is 0 Å². The van der Waals surface area contributed by atoms with E-state index in [-0.39, 0.29) is 42.7 Å². The van der Waals surface area contributed by atoms with Crippen LogP contribution in [0.4, 0.5) is 4.79 Å². The SMILES string of the molecule is CCOc1cc2c3cc(c(OC)cc3n1)[C@H]1C[C@@H]1CC(C)(C)COC(=O)N[C@@H](C1CCCC1)C(=O)N1C[C@@H](C[C@H]1C(=O)OC)O2. The lowest BCUT2D eigenvalue weighted by molar-refractivity contribution is -0.152. The number of hydrogen-bond acceptors (Lipinski definition) is 9. The molecule has 1 N–H and O–H groups in total. The van der Waals surface area contributed by atoms with Gasteiger partial charge in [0, 0.05) is 23.9 Å². The molecule has 4 aliphatic rings. The molecule has 2 aliphatic heterocycles. The zero-order valence-corrected chi connectivity index (χ0v) is 26.9. The molecule has 2 amide bonds. The van der Waals surface area contributed by atoms with Crippen molar-refractivity contribution in [2.24, 2.45) is 17.3 Å². The van der Waals surface area contributed by atoms with Crippen molar-refractivity contribution in [2.75, 3.05) is 34.0 Å². The van der Waals surface area contributed by atoms with Crippen LogP contribution >= 0.6 is 0 Å². The van der Waals surface area contributed by atoms with Crippen molar-refractivity contribution in [2.45, 2.75) is 89.8 Å². The zero-order chi connectivity index (χ0) is 31.9. The van der Waals surface area contributed by atoms with Crippen LogP contribution in [0.1, 0.15) is 77.2 Å². The van der Waals surface area contributed by atoms with Gasteiger partial charge < -0.3 is 33.9 Å². The average Bonchev–Trinajstić information content (AvgIpc) is 3.36. The van der Waals surface area contributed by atoms with Crippen molar-refractivity contribution in [1.82, 2.24) is 15.2 Å². The normalized spacial score (nSPS) is 28.4. The number of nitrogens with one attached hydrogen (secondary N) is 1. The highest BCUT2D eigenvalue weighted by Gasteiger charge is 2.47. The molecule has 45 heavy (non-hydrogen) atoms. The van der Waals surface area contributed by atoms with Crippen molar-refractivity contribution in [3.63, 3.8) is 0 Å². The van der Waals surface area contributed by atoms with E-state index in [2.05, 4.69) is 25.2 Å². The van der Waals surface area contributed by atoms with Crippen LogP contribution < -0.4 is 19.5 Å². The lowest BCUT2D eigenvalue weighted by atomic mass is 9.87. The summed E-state index contributed by atoms with van der Waals surface area (Å²) in [6.07, 6.45) is 4.58. The van der Waals surface area contributed by atoms with Gasteiger partial charge in [-0.25, -0.2) is 14.6 Å². The number of ether oxygens (including phenoxy) is 5. The summed E-state index contributed by atoms with van der Waals surface area (Å²) in [4.78, 5) is 46.7. The zero-order valence-electron chi connectivity index (χ0n) is 26.9. The third-order valence-electron chi connectivity index (χ3n) is 9.85. The van der Waals surface area contributed by atoms with Crippen molar-refractivity contribution >= 4 is 28.9 Å². The number of methoxy groups -OCH3 is 2. The summed E-state index contributed by atoms with van der Waals surface area (Å²) in [5.74, 6) is 1.55. The van der Waals surface area contributed by atoms with Crippen LogP contribution in [0.2, 0.25) is 0 Å². The molecule has 2 aliphatic carbocycles. The van der Waals surface area contributed by atoms with Gasteiger partial charge in [0.1, 0.15) is 29.7 Å². The van der Waals surface area contributed by atoms with Crippen LogP contribution in [0, 0.1) is 17.3 Å². The molecular formula is C34H45N3O8. The number of cyclic esters (lactones) is 1. The predicted molar refractivity (Wildman–Crippen MR) is 165 cm³/mol. The molecule has 6 rings (SSSR count). The summed E-state index contributed by atoms with van der Waals surface area (Å²) in [5.41, 5.74) is 1.48. The Balaban J connectivity index is 1.42. The van der Waals surface area contributed by atoms with E-state index in [0.717, 1.165) is 55.2 Å². The molecule has 4 bridgehead atoms. The van der Waals surface area contributed by atoms with Crippen molar-refractivity contribution in [3.05, 3.63) is 23.8 Å². The largest absolute Gasteiger partial charge is 0.496 e. The van der Waals surface area contributed by atoms with Gasteiger partial charge in [-0.15, -0.1) is 0 Å². The van der Waals surface area contributed by atoms with Crippen LogP contribution in [-0.4, -0.2) is 80.0 Å². The number of hydrogen-bond donors (Lipinski definition) is 1. The van der Waals surface area contributed by atoms with Crippen LogP contribution in [0.15, 0.2) is 18.2 Å². The van der Waals surface area contributed by atoms with Gasteiger partial charge in [0.25, 0.3) is 0 Å². The van der Waals surface area contributed by atoms with Crippen LogP contribution in [-0.2, 0) is 19.1 Å². The van der Waals surface area contributed by atoms with Gasteiger partial charge in [-0.1, -0.05) is 26.7 Å². The molecule has 11 nitrogen and oxygen atoms in total. The maximum absolute atomic E-state index is 14.2. The van der Waals surface area contributed by atoms with Gasteiger partial charge in [0.15, 0.2) is 0 Å². The Labute approximate surface area is 264 Å². The van der Waals surface area contributed by atoms with E-state index in [4.69, 9.17) is 28.7 Å². The first-order valence-corrected chi connectivity index (χ1v) is 16.2. The molecule has 0 unspecified atom stereocenters. The second-order valence-electron chi connectivity index (χ2n) is 13.7. The number of carbonyl (C=O) groups excluding carboxylic acids is 3. The summed E-state index contributed by atoms with van der Waals surface area (Å²) < 4.78 is 29.2. The minimum atomic E-state index is -0.849. The molecule has 11 heteroatoms. The molecule has 2 aromatic rings. The maximum atomic E-state index is 14.2. The van der Waals surface area contributed by atoms with E-state index < -0.39 is 30.3 Å². The van der Waals surface area contributed by atoms with Gasteiger partial charge in [-0.2, -0.15) is 0 Å². The number of aromatic nitrogens is 1. The Morgan fingerprint density at radius 1 is 1.11 bits per heavy atom. The van der Waals surface area contributed by atoms with E-state index in [1.54, 1.807) is 13.2 Å². The van der Waals surface area contributed by atoms with E-state index in [1.165, 1.54) is 12.0 Å². The van der Waals surface area contributed by atoms with E-state index >= 15 is 0 Å². The molecule has 0 spiro atoms. The molecule has 1 aromatic carbocycles. The molecule has 1 aromatic heterocycles.